The second kappa shape index (κ2) is 4.23. The second-order valence-electron chi connectivity index (χ2n) is 3.08. The molecule has 0 fully saturated rings. The Morgan fingerprint density at radius 1 is 1.27 bits per heavy atom. The Labute approximate surface area is 96.7 Å². The first-order valence-electron chi connectivity index (χ1n) is 4.31. The van der Waals surface area contributed by atoms with Gasteiger partial charge in [0.15, 0.2) is 0 Å². The summed E-state index contributed by atoms with van der Waals surface area (Å²) in [5.41, 5.74) is 1.15. The van der Waals surface area contributed by atoms with Gasteiger partial charge in [0.25, 0.3) is 0 Å². The average molecular weight is 243 g/mol. The van der Waals surface area contributed by atoms with Crippen LogP contribution in [0.5, 0.6) is 0 Å². The molecule has 2 aromatic rings. The number of nitrogens with zero attached hydrogens (tertiary/aromatic N) is 1. The normalized spacial score (nSPS) is 12.7. The first-order chi connectivity index (χ1) is 7.18. The molecule has 0 aliphatic carbocycles. The number of halogens is 2. The zero-order valence-corrected chi connectivity index (χ0v) is 9.13. The second-order valence-corrected chi connectivity index (χ2v) is 3.92. The van der Waals surface area contributed by atoms with Crippen molar-refractivity contribution < 1.29 is 5.11 Å². The maximum atomic E-state index is 9.97. The minimum atomic E-state index is -0.835. The van der Waals surface area contributed by atoms with Crippen LogP contribution in [0.4, 0.5) is 0 Å². The van der Waals surface area contributed by atoms with Crippen molar-refractivity contribution in [3.05, 3.63) is 51.8 Å². The lowest BCUT2D eigenvalue weighted by Crippen LogP contribution is -2.01. The summed E-state index contributed by atoms with van der Waals surface area (Å²) in [4.78, 5) is 0. The van der Waals surface area contributed by atoms with Gasteiger partial charge in [-0.3, -0.25) is 5.10 Å². The van der Waals surface area contributed by atoms with Crippen molar-refractivity contribution in [3.8, 4) is 0 Å². The van der Waals surface area contributed by atoms with Gasteiger partial charge < -0.3 is 5.11 Å². The minimum absolute atomic E-state index is 0.474. The number of aromatic amines is 1. The number of nitrogens with one attached hydrogen (secondary N) is 1. The highest BCUT2D eigenvalue weighted by atomic mass is 35.5. The lowest BCUT2D eigenvalue weighted by molar-refractivity contribution is 0.215. The molecule has 78 valence electrons. The van der Waals surface area contributed by atoms with E-state index in [4.69, 9.17) is 23.2 Å². The lowest BCUT2D eigenvalue weighted by Gasteiger charge is -2.10. The molecule has 0 spiro atoms. The van der Waals surface area contributed by atoms with Crippen LogP contribution < -0.4 is 0 Å². The number of hydrogen-bond acceptors (Lipinski definition) is 2. The molecule has 0 saturated heterocycles. The van der Waals surface area contributed by atoms with E-state index in [-0.39, 0.29) is 0 Å². The van der Waals surface area contributed by atoms with Crippen LogP contribution in [0.3, 0.4) is 0 Å². The largest absolute Gasteiger partial charge is 0.382 e. The van der Waals surface area contributed by atoms with Gasteiger partial charge in [-0.25, -0.2) is 0 Å². The summed E-state index contributed by atoms with van der Waals surface area (Å²) in [6.45, 7) is 0. The molecule has 1 heterocycles. The van der Waals surface area contributed by atoms with Gasteiger partial charge in [-0.2, -0.15) is 5.10 Å². The van der Waals surface area contributed by atoms with E-state index in [0.717, 1.165) is 0 Å². The molecular weight excluding hydrogens is 235 g/mol. The standard InChI is InChI=1S/C10H8Cl2N2O/c11-6-1-2-8(12)7(5-6)10(15)9-3-4-13-14-9/h1-5,10,15H,(H,13,14). The van der Waals surface area contributed by atoms with Gasteiger partial charge in [0.05, 0.1) is 5.69 Å². The lowest BCUT2D eigenvalue weighted by atomic mass is 10.1. The molecule has 3 nitrogen and oxygen atoms in total. The molecule has 1 unspecified atom stereocenters. The molecule has 15 heavy (non-hydrogen) atoms. The monoisotopic (exact) mass is 242 g/mol. The number of hydrogen-bond donors (Lipinski definition) is 2. The molecule has 1 aromatic carbocycles. The number of rotatable bonds is 2. The fraction of sp³-hybridized carbons (Fsp3) is 0.100. The summed E-state index contributed by atoms with van der Waals surface area (Å²) in [6.07, 6.45) is 0.732. The molecule has 0 amide bonds. The predicted octanol–water partition coefficient (Wildman–Crippen LogP) is 2.80. The Balaban J connectivity index is 2.41. The Hall–Kier alpha value is -1.03. The topological polar surface area (TPSA) is 48.9 Å². The van der Waals surface area contributed by atoms with Crippen LogP contribution in [0, 0.1) is 0 Å². The summed E-state index contributed by atoms with van der Waals surface area (Å²) < 4.78 is 0. The van der Waals surface area contributed by atoms with E-state index in [1.807, 2.05) is 0 Å². The van der Waals surface area contributed by atoms with Crippen LogP contribution in [0.15, 0.2) is 30.5 Å². The molecule has 0 radical (unpaired) electrons. The Kier molecular flexibility index (Phi) is 2.95. The van der Waals surface area contributed by atoms with E-state index in [0.29, 0.717) is 21.3 Å². The average Bonchev–Trinajstić information content (AvgIpc) is 2.74. The highest BCUT2D eigenvalue weighted by Crippen LogP contribution is 2.29. The first kappa shape index (κ1) is 10.5. The van der Waals surface area contributed by atoms with Crippen LogP contribution in [-0.4, -0.2) is 15.3 Å². The van der Waals surface area contributed by atoms with Crippen LogP contribution >= 0.6 is 23.2 Å². The zero-order valence-electron chi connectivity index (χ0n) is 7.61. The maximum Gasteiger partial charge on any atom is 0.122 e. The minimum Gasteiger partial charge on any atom is -0.382 e. The number of benzene rings is 1. The third-order valence-electron chi connectivity index (χ3n) is 2.07. The number of aromatic nitrogens is 2. The molecule has 5 heteroatoms. The summed E-state index contributed by atoms with van der Waals surface area (Å²) >= 11 is 11.8. The van der Waals surface area contributed by atoms with Crippen LogP contribution in [0.25, 0.3) is 0 Å². The van der Waals surface area contributed by atoms with Crippen LogP contribution in [-0.2, 0) is 0 Å². The highest BCUT2D eigenvalue weighted by molar-refractivity contribution is 6.33. The van der Waals surface area contributed by atoms with Gasteiger partial charge >= 0.3 is 0 Å². The maximum absolute atomic E-state index is 9.97. The van der Waals surface area contributed by atoms with Crippen molar-refractivity contribution in [1.82, 2.24) is 10.2 Å². The summed E-state index contributed by atoms with van der Waals surface area (Å²) in [5.74, 6) is 0. The third-order valence-corrected chi connectivity index (χ3v) is 2.65. The van der Waals surface area contributed by atoms with Crippen molar-refractivity contribution >= 4 is 23.2 Å². The van der Waals surface area contributed by atoms with E-state index in [1.54, 1.807) is 30.5 Å². The van der Waals surface area contributed by atoms with Gasteiger partial charge in [-0.05, 0) is 24.3 Å². The fourth-order valence-corrected chi connectivity index (χ4v) is 1.71. The van der Waals surface area contributed by atoms with E-state index in [9.17, 15) is 5.11 Å². The highest BCUT2D eigenvalue weighted by Gasteiger charge is 2.15. The van der Waals surface area contributed by atoms with Gasteiger partial charge in [0, 0.05) is 21.8 Å². The van der Waals surface area contributed by atoms with E-state index < -0.39 is 6.10 Å². The van der Waals surface area contributed by atoms with Crippen molar-refractivity contribution in [2.75, 3.05) is 0 Å². The Bertz CT molecular complexity index is 456. The predicted molar refractivity (Wildman–Crippen MR) is 59.1 cm³/mol. The van der Waals surface area contributed by atoms with E-state index >= 15 is 0 Å². The summed E-state index contributed by atoms with van der Waals surface area (Å²) in [6, 6.07) is 6.64. The molecule has 0 aliphatic rings. The SMILES string of the molecule is OC(c1ccn[nH]1)c1cc(Cl)ccc1Cl. The molecule has 0 aliphatic heterocycles. The Morgan fingerprint density at radius 3 is 2.73 bits per heavy atom. The fourth-order valence-electron chi connectivity index (χ4n) is 1.31. The zero-order chi connectivity index (χ0) is 10.8. The first-order valence-corrected chi connectivity index (χ1v) is 5.06. The smallest absolute Gasteiger partial charge is 0.122 e. The number of aliphatic hydroxyl groups is 1. The molecule has 0 bridgehead atoms. The molecule has 1 aromatic heterocycles. The molecular formula is C10H8Cl2N2O. The molecule has 2 N–H and O–H groups in total. The Morgan fingerprint density at radius 2 is 2.07 bits per heavy atom. The van der Waals surface area contributed by atoms with E-state index in [1.165, 1.54) is 0 Å². The molecule has 0 saturated carbocycles. The van der Waals surface area contributed by atoms with Crippen molar-refractivity contribution in [2.24, 2.45) is 0 Å². The van der Waals surface area contributed by atoms with E-state index in [2.05, 4.69) is 10.2 Å². The summed E-state index contributed by atoms with van der Waals surface area (Å²) in [7, 11) is 0. The van der Waals surface area contributed by atoms with Crippen molar-refractivity contribution in [2.45, 2.75) is 6.10 Å². The quantitative estimate of drug-likeness (QED) is 0.851. The van der Waals surface area contributed by atoms with Crippen LogP contribution in [0.2, 0.25) is 10.0 Å². The van der Waals surface area contributed by atoms with Crippen molar-refractivity contribution in [3.63, 3.8) is 0 Å². The number of aliphatic hydroxyl groups excluding tert-OH is 1. The third kappa shape index (κ3) is 2.15. The van der Waals surface area contributed by atoms with Gasteiger partial charge in [0.1, 0.15) is 6.10 Å². The van der Waals surface area contributed by atoms with Gasteiger partial charge in [0.2, 0.25) is 0 Å². The molecule has 2 rings (SSSR count). The van der Waals surface area contributed by atoms with Crippen molar-refractivity contribution in [1.29, 1.82) is 0 Å². The van der Waals surface area contributed by atoms with Crippen LogP contribution in [0.1, 0.15) is 17.4 Å². The summed E-state index contributed by atoms with van der Waals surface area (Å²) in [5, 5.41) is 17.4. The molecule has 1 atom stereocenters. The van der Waals surface area contributed by atoms with Gasteiger partial charge in [-0.15, -0.1) is 0 Å². The van der Waals surface area contributed by atoms with Gasteiger partial charge in [-0.1, -0.05) is 23.2 Å². The number of H-pyrrole nitrogens is 1.